The van der Waals surface area contributed by atoms with Gasteiger partial charge in [0.25, 0.3) is 0 Å². The highest BCUT2D eigenvalue weighted by Gasteiger charge is 2.06. The Labute approximate surface area is 92.8 Å². The lowest BCUT2D eigenvalue weighted by molar-refractivity contribution is -0.124. The van der Waals surface area contributed by atoms with E-state index in [0.717, 1.165) is 0 Å². The third kappa shape index (κ3) is 3.85. The fourth-order valence-electron chi connectivity index (χ4n) is 1.12. The zero-order valence-electron chi connectivity index (χ0n) is 8.55. The van der Waals surface area contributed by atoms with Crippen LogP contribution in [0.3, 0.4) is 0 Å². The smallest absolute Gasteiger partial charge is 0.238 e. The Hall–Kier alpha value is -1.13. The van der Waals surface area contributed by atoms with Gasteiger partial charge in [-0.15, -0.1) is 0 Å². The molecule has 3 nitrogen and oxygen atoms in total. The van der Waals surface area contributed by atoms with E-state index in [-0.39, 0.29) is 17.4 Å². The number of carbonyl (C=O) groups is 1. The van der Waals surface area contributed by atoms with Crippen molar-refractivity contribution in [3.05, 3.63) is 34.6 Å². The Morgan fingerprint density at radius 1 is 1.53 bits per heavy atom. The lowest BCUT2D eigenvalue weighted by Crippen LogP contribution is -2.37. The molecule has 0 aliphatic rings. The van der Waals surface area contributed by atoms with E-state index in [1.807, 2.05) is 0 Å². The van der Waals surface area contributed by atoms with Crippen LogP contribution in [0.1, 0.15) is 5.56 Å². The Morgan fingerprint density at radius 2 is 2.20 bits per heavy atom. The molecule has 1 rings (SSSR count). The van der Waals surface area contributed by atoms with Gasteiger partial charge in [0.15, 0.2) is 0 Å². The van der Waals surface area contributed by atoms with E-state index in [0.29, 0.717) is 5.56 Å². The molecular formula is C10H12ClFN2O. The summed E-state index contributed by atoms with van der Waals surface area (Å²) in [5.41, 5.74) is 3.26. The Bertz CT molecular complexity index is 368. The molecule has 0 radical (unpaired) electrons. The number of hydrogen-bond acceptors (Lipinski definition) is 2. The van der Waals surface area contributed by atoms with E-state index in [1.54, 1.807) is 19.1 Å². The van der Waals surface area contributed by atoms with Crippen molar-refractivity contribution in [3.63, 3.8) is 0 Å². The van der Waals surface area contributed by atoms with Gasteiger partial charge in [-0.25, -0.2) is 9.40 Å². The molecule has 0 atom stereocenters. The summed E-state index contributed by atoms with van der Waals surface area (Å²) in [4.78, 5) is 11.3. The molecule has 0 aliphatic carbocycles. The molecule has 1 aromatic carbocycles. The summed E-state index contributed by atoms with van der Waals surface area (Å²) in [7, 11) is 3.44. The molecular weight excluding hydrogens is 219 g/mol. The summed E-state index contributed by atoms with van der Waals surface area (Å²) >= 11 is 5.59. The van der Waals surface area contributed by atoms with E-state index < -0.39 is 5.82 Å². The number of halogens is 2. The van der Waals surface area contributed by atoms with Gasteiger partial charge in [-0.2, -0.15) is 0 Å². The van der Waals surface area contributed by atoms with Crippen LogP contribution < -0.4 is 5.43 Å². The van der Waals surface area contributed by atoms with Crippen LogP contribution in [0.4, 0.5) is 4.39 Å². The van der Waals surface area contributed by atoms with Crippen LogP contribution in [-0.2, 0) is 11.2 Å². The molecule has 15 heavy (non-hydrogen) atoms. The third-order valence-corrected chi connectivity index (χ3v) is 1.99. The molecule has 0 aromatic heterocycles. The SMILES string of the molecule is CN(C)NC(=O)Cc1ccc(F)c(Cl)c1. The van der Waals surface area contributed by atoms with Gasteiger partial charge in [0.1, 0.15) is 5.82 Å². The van der Waals surface area contributed by atoms with Crippen molar-refractivity contribution in [1.29, 1.82) is 0 Å². The summed E-state index contributed by atoms with van der Waals surface area (Å²) in [6.07, 6.45) is 0.179. The molecule has 82 valence electrons. The largest absolute Gasteiger partial charge is 0.289 e. The number of amides is 1. The maximum absolute atomic E-state index is 12.8. The first-order valence-corrected chi connectivity index (χ1v) is 4.77. The molecule has 0 fully saturated rings. The fourth-order valence-corrected chi connectivity index (χ4v) is 1.33. The first-order chi connectivity index (χ1) is 6.99. The average molecular weight is 231 g/mol. The highest BCUT2D eigenvalue weighted by molar-refractivity contribution is 6.30. The maximum Gasteiger partial charge on any atom is 0.238 e. The molecule has 0 heterocycles. The molecule has 0 bridgehead atoms. The van der Waals surface area contributed by atoms with Crippen LogP contribution in [-0.4, -0.2) is 25.0 Å². The summed E-state index contributed by atoms with van der Waals surface area (Å²) in [6, 6.07) is 4.24. The van der Waals surface area contributed by atoms with Crippen LogP contribution in [0.5, 0.6) is 0 Å². The van der Waals surface area contributed by atoms with Gasteiger partial charge >= 0.3 is 0 Å². The second kappa shape index (κ2) is 5.09. The van der Waals surface area contributed by atoms with E-state index in [1.165, 1.54) is 18.2 Å². The van der Waals surface area contributed by atoms with Crippen LogP contribution in [0.25, 0.3) is 0 Å². The van der Waals surface area contributed by atoms with E-state index in [4.69, 9.17) is 11.6 Å². The predicted octanol–water partition coefficient (Wildman–Crippen LogP) is 1.61. The summed E-state index contributed by atoms with van der Waals surface area (Å²) in [5, 5.41) is 1.58. The molecule has 1 aromatic rings. The van der Waals surface area contributed by atoms with E-state index in [2.05, 4.69) is 5.43 Å². The van der Waals surface area contributed by atoms with Gasteiger partial charge in [-0.3, -0.25) is 10.2 Å². The number of rotatable bonds is 3. The molecule has 1 N–H and O–H groups in total. The van der Waals surface area contributed by atoms with Crippen molar-refractivity contribution < 1.29 is 9.18 Å². The summed E-state index contributed by atoms with van der Waals surface area (Å²) in [6.45, 7) is 0. The lowest BCUT2D eigenvalue weighted by Gasteiger charge is -2.11. The quantitative estimate of drug-likeness (QED) is 0.801. The summed E-state index contributed by atoms with van der Waals surface area (Å²) in [5.74, 6) is -0.642. The third-order valence-electron chi connectivity index (χ3n) is 1.70. The average Bonchev–Trinajstić information content (AvgIpc) is 2.10. The second-order valence-electron chi connectivity index (χ2n) is 3.35. The number of carbonyl (C=O) groups excluding carboxylic acids is 1. The van der Waals surface area contributed by atoms with Gasteiger partial charge in [-0.05, 0) is 17.7 Å². The fraction of sp³-hybridized carbons (Fsp3) is 0.300. The first kappa shape index (κ1) is 11.9. The number of benzene rings is 1. The molecule has 1 amide bonds. The molecule has 5 heteroatoms. The Kier molecular flexibility index (Phi) is 4.05. The highest BCUT2D eigenvalue weighted by atomic mass is 35.5. The summed E-state index contributed by atoms with van der Waals surface area (Å²) < 4.78 is 12.8. The van der Waals surface area contributed by atoms with Crippen molar-refractivity contribution in [2.24, 2.45) is 0 Å². The monoisotopic (exact) mass is 230 g/mol. The normalized spacial score (nSPS) is 10.5. The van der Waals surface area contributed by atoms with Crippen molar-refractivity contribution in [2.45, 2.75) is 6.42 Å². The van der Waals surface area contributed by atoms with Crippen molar-refractivity contribution in [2.75, 3.05) is 14.1 Å². The minimum absolute atomic E-state index is 0.0325. The van der Waals surface area contributed by atoms with Gasteiger partial charge in [0.05, 0.1) is 11.4 Å². The Balaban J connectivity index is 2.65. The minimum Gasteiger partial charge on any atom is -0.289 e. The van der Waals surface area contributed by atoms with Crippen LogP contribution >= 0.6 is 11.6 Å². The molecule has 0 spiro atoms. The molecule has 0 aliphatic heterocycles. The van der Waals surface area contributed by atoms with Gasteiger partial charge in [0.2, 0.25) is 5.91 Å². The Morgan fingerprint density at radius 3 is 2.73 bits per heavy atom. The van der Waals surface area contributed by atoms with Crippen molar-refractivity contribution in [3.8, 4) is 0 Å². The number of nitrogens with one attached hydrogen (secondary N) is 1. The van der Waals surface area contributed by atoms with E-state index >= 15 is 0 Å². The number of nitrogens with zero attached hydrogens (tertiary/aromatic N) is 1. The topological polar surface area (TPSA) is 32.3 Å². The molecule has 0 saturated carbocycles. The molecule has 0 unspecified atom stereocenters. The minimum atomic E-state index is -0.478. The van der Waals surface area contributed by atoms with Crippen molar-refractivity contribution in [1.82, 2.24) is 10.4 Å². The van der Waals surface area contributed by atoms with Crippen LogP contribution in [0, 0.1) is 5.82 Å². The van der Waals surface area contributed by atoms with E-state index in [9.17, 15) is 9.18 Å². The lowest BCUT2D eigenvalue weighted by atomic mass is 10.1. The molecule has 0 saturated heterocycles. The maximum atomic E-state index is 12.8. The highest BCUT2D eigenvalue weighted by Crippen LogP contribution is 2.16. The number of hydrogen-bond donors (Lipinski definition) is 1. The van der Waals surface area contributed by atoms with Gasteiger partial charge in [0, 0.05) is 14.1 Å². The predicted molar refractivity (Wildman–Crippen MR) is 56.9 cm³/mol. The van der Waals surface area contributed by atoms with Crippen molar-refractivity contribution >= 4 is 17.5 Å². The van der Waals surface area contributed by atoms with Gasteiger partial charge < -0.3 is 0 Å². The number of hydrazine groups is 1. The van der Waals surface area contributed by atoms with Crippen LogP contribution in [0.2, 0.25) is 5.02 Å². The first-order valence-electron chi connectivity index (χ1n) is 4.40. The van der Waals surface area contributed by atoms with Gasteiger partial charge in [-0.1, -0.05) is 17.7 Å². The van der Waals surface area contributed by atoms with Crippen LogP contribution in [0.15, 0.2) is 18.2 Å². The zero-order chi connectivity index (χ0) is 11.4. The second-order valence-corrected chi connectivity index (χ2v) is 3.76. The standard InChI is InChI=1S/C10H12ClFN2O/c1-14(2)13-10(15)6-7-3-4-9(12)8(11)5-7/h3-5H,6H2,1-2H3,(H,13,15). The zero-order valence-corrected chi connectivity index (χ0v) is 9.31.